The molecule has 0 aliphatic carbocycles. The Kier molecular flexibility index (Phi) is 4.07. The van der Waals surface area contributed by atoms with Gasteiger partial charge in [0, 0.05) is 12.5 Å². The van der Waals surface area contributed by atoms with E-state index in [2.05, 4.69) is 0 Å². The largest absolute Gasteiger partial charge is 0.465 e. The number of aryl methyl sites for hydroxylation is 1. The summed E-state index contributed by atoms with van der Waals surface area (Å²) in [6, 6.07) is 3.61. The van der Waals surface area contributed by atoms with Crippen LogP contribution in [0.3, 0.4) is 0 Å². The molecule has 0 aliphatic heterocycles. The van der Waals surface area contributed by atoms with E-state index in [-0.39, 0.29) is 18.5 Å². The fourth-order valence-electron chi connectivity index (χ4n) is 1.73. The van der Waals surface area contributed by atoms with Crippen LogP contribution in [0.1, 0.15) is 39.9 Å². The highest BCUT2D eigenvalue weighted by Gasteiger charge is 2.14. The molecule has 1 N–H and O–H groups in total. The minimum Gasteiger partial charge on any atom is -0.465 e. The van der Waals surface area contributed by atoms with E-state index in [9.17, 15) is 9.90 Å². The summed E-state index contributed by atoms with van der Waals surface area (Å²) in [4.78, 5) is 11.5. The highest BCUT2D eigenvalue weighted by molar-refractivity contribution is 5.90. The van der Waals surface area contributed by atoms with Crippen LogP contribution in [0.5, 0.6) is 0 Å². The minimum absolute atomic E-state index is 0.0308. The van der Waals surface area contributed by atoms with Crippen molar-refractivity contribution in [1.82, 2.24) is 0 Å². The molecule has 0 spiro atoms. The molecule has 1 unspecified atom stereocenters. The molecule has 1 aromatic rings. The van der Waals surface area contributed by atoms with Gasteiger partial charge in [-0.1, -0.05) is 6.92 Å². The highest BCUT2D eigenvalue weighted by Crippen LogP contribution is 2.24. The topological polar surface area (TPSA) is 46.5 Å². The van der Waals surface area contributed by atoms with Crippen LogP contribution in [0.4, 0.5) is 0 Å². The van der Waals surface area contributed by atoms with Gasteiger partial charge < -0.3 is 9.84 Å². The summed E-state index contributed by atoms with van der Waals surface area (Å²) in [5.74, 6) is -0.308. The monoisotopic (exact) mass is 222 g/mol. The zero-order chi connectivity index (χ0) is 12.3. The van der Waals surface area contributed by atoms with Gasteiger partial charge in [0.25, 0.3) is 0 Å². The quantitative estimate of drug-likeness (QED) is 0.797. The summed E-state index contributed by atoms with van der Waals surface area (Å²) in [7, 11) is 1.37. The molecule has 0 heterocycles. The molecule has 0 saturated heterocycles. The summed E-state index contributed by atoms with van der Waals surface area (Å²) >= 11 is 0. The van der Waals surface area contributed by atoms with E-state index >= 15 is 0 Å². The van der Waals surface area contributed by atoms with Gasteiger partial charge in [0.2, 0.25) is 0 Å². The van der Waals surface area contributed by atoms with Crippen molar-refractivity contribution < 1.29 is 14.6 Å². The molecule has 0 saturated carbocycles. The van der Waals surface area contributed by atoms with Gasteiger partial charge in [-0.05, 0) is 42.7 Å². The Morgan fingerprint density at radius 2 is 2.06 bits per heavy atom. The fraction of sp³-hybridized carbons (Fsp3) is 0.462. The Morgan fingerprint density at radius 1 is 1.44 bits per heavy atom. The van der Waals surface area contributed by atoms with E-state index in [0.29, 0.717) is 5.56 Å². The van der Waals surface area contributed by atoms with Crippen molar-refractivity contribution in [3.63, 3.8) is 0 Å². The molecule has 0 aliphatic rings. The van der Waals surface area contributed by atoms with Crippen LogP contribution in [0.15, 0.2) is 12.1 Å². The van der Waals surface area contributed by atoms with Crippen molar-refractivity contribution in [1.29, 1.82) is 0 Å². The molecule has 0 bridgehead atoms. The lowest BCUT2D eigenvalue weighted by Crippen LogP contribution is -2.08. The van der Waals surface area contributed by atoms with Gasteiger partial charge in [-0.2, -0.15) is 0 Å². The molecule has 3 nitrogen and oxygen atoms in total. The average molecular weight is 222 g/mol. The van der Waals surface area contributed by atoms with Gasteiger partial charge in [0.1, 0.15) is 0 Å². The molecular weight excluding hydrogens is 204 g/mol. The number of aliphatic hydroxyl groups is 1. The number of hydrogen-bond donors (Lipinski definition) is 1. The number of rotatable bonds is 3. The predicted octanol–water partition coefficient (Wildman–Crippen LogP) is 2.19. The Balaban J connectivity index is 3.27. The van der Waals surface area contributed by atoms with Crippen LogP contribution in [-0.4, -0.2) is 24.8 Å². The third kappa shape index (κ3) is 2.42. The Bertz CT molecular complexity index is 396. The lowest BCUT2D eigenvalue weighted by molar-refractivity contribution is 0.0600. The van der Waals surface area contributed by atoms with E-state index in [1.807, 2.05) is 26.8 Å². The molecule has 3 heteroatoms. The third-order valence-electron chi connectivity index (χ3n) is 2.93. The van der Waals surface area contributed by atoms with E-state index in [1.165, 1.54) is 7.11 Å². The van der Waals surface area contributed by atoms with Crippen molar-refractivity contribution in [3.8, 4) is 0 Å². The lowest BCUT2D eigenvalue weighted by Gasteiger charge is -2.15. The minimum atomic E-state index is -0.338. The van der Waals surface area contributed by atoms with Crippen molar-refractivity contribution >= 4 is 5.97 Å². The molecule has 1 atom stereocenters. The van der Waals surface area contributed by atoms with Gasteiger partial charge in [0.05, 0.1) is 12.7 Å². The molecule has 0 radical (unpaired) electrons. The number of aliphatic hydroxyl groups excluding tert-OH is 1. The van der Waals surface area contributed by atoms with Crippen LogP contribution < -0.4 is 0 Å². The van der Waals surface area contributed by atoms with Gasteiger partial charge in [-0.15, -0.1) is 0 Å². The maximum absolute atomic E-state index is 11.5. The summed E-state index contributed by atoms with van der Waals surface area (Å²) in [5.41, 5.74) is 3.70. The number of ether oxygens (including phenoxy) is 1. The number of hydrogen-bond acceptors (Lipinski definition) is 3. The Morgan fingerprint density at radius 3 is 2.56 bits per heavy atom. The van der Waals surface area contributed by atoms with Crippen molar-refractivity contribution in [2.75, 3.05) is 13.7 Å². The van der Waals surface area contributed by atoms with Crippen molar-refractivity contribution in [2.45, 2.75) is 26.7 Å². The Labute approximate surface area is 96.1 Å². The summed E-state index contributed by atoms with van der Waals surface area (Å²) in [6.07, 6.45) is 0. The summed E-state index contributed by atoms with van der Waals surface area (Å²) in [6.45, 7) is 5.96. The highest BCUT2D eigenvalue weighted by atomic mass is 16.5. The van der Waals surface area contributed by atoms with Crippen LogP contribution in [-0.2, 0) is 4.74 Å². The van der Waals surface area contributed by atoms with Gasteiger partial charge in [-0.3, -0.25) is 0 Å². The zero-order valence-electron chi connectivity index (χ0n) is 10.2. The van der Waals surface area contributed by atoms with Gasteiger partial charge in [-0.25, -0.2) is 4.79 Å². The van der Waals surface area contributed by atoms with Crippen LogP contribution in [0, 0.1) is 13.8 Å². The first kappa shape index (κ1) is 12.7. The summed E-state index contributed by atoms with van der Waals surface area (Å²) in [5, 5.41) is 9.17. The molecule has 0 aromatic heterocycles. The van der Waals surface area contributed by atoms with Crippen LogP contribution in [0.25, 0.3) is 0 Å². The first-order chi connectivity index (χ1) is 7.51. The van der Waals surface area contributed by atoms with Gasteiger partial charge in [0.15, 0.2) is 0 Å². The fourth-order valence-corrected chi connectivity index (χ4v) is 1.73. The Hall–Kier alpha value is -1.35. The van der Waals surface area contributed by atoms with Crippen molar-refractivity contribution in [3.05, 3.63) is 34.4 Å². The predicted molar refractivity (Wildman–Crippen MR) is 62.8 cm³/mol. The normalized spacial score (nSPS) is 12.3. The molecule has 0 fully saturated rings. The molecule has 0 amide bonds. The van der Waals surface area contributed by atoms with E-state index in [1.54, 1.807) is 6.07 Å². The van der Waals surface area contributed by atoms with Crippen molar-refractivity contribution in [2.24, 2.45) is 0 Å². The molecule has 16 heavy (non-hydrogen) atoms. The van der Waals surface area contributed by atoms with E-state index in [0.717, 1.165) is 16.7 Å². The van der Waals surface area contributed by atoms with Crippen LogP contribution >= 0.6 is 0 Å². The lowest BCUT2D eigenvalue weighted by atomic mass is 9.92. The smallest absolute Gasteiger partial charge is 0.337 e. The second kappa shape index (κ2) is 5.12. The molecule has 88 valence electrons. The molecule has 1 rings (SSSR count). The van der Waals surface area contributed by atoms with E-state index in [4.69, 9.17) is 4.74 Å². The zero-order valence-corrected chi connectivity index (χ0v) is 10.2. The molecule has 1 aromatic carbocycles. The SMILES string of the molecule is COC(=O)c1cc(C)c(C)c(C(C)CO)c1. The second-order valence-electron chi connectivity index (χ2n) is 4.08. The third-order valence-corrected chi connectivity index (χ3v) is 2.93. The molecular formula is C13H18O3. The second-order valence-corrected chi connectivity index (χ2v) is 4.08. The maximum atomic E-state index is 11.5. The first-order valence-electron chi connectivity index (χ1n) is 5.31. The summed E-state index contributed by atoms with van der Waals surface area (Å²) < 4.78 is 4.70. The number of carbonyl (C=O) groups is 1. The first-order valence-corrected chi connectivity index (χ1v) is 5.31. The standard InChI is InChI=1S/C13H18O3/c1-8-5-11(13(15)16-4)6-12(10(8)3)9(2)7-14/h5-6,9,14H,7H2,1-4H3. The van der Waals surface area contributed by atoms with Crippen LogP contribution in [0.2, 0.25) is 0 Å². The maximum Gasteiger partial charge on any atom is 0.337 e. The van der Waals surface area contributed by atoms with Gasteiger partial charge >= 0.3 is 5.97 Å². The number of carbonyl (C=O) groups excluding carboxylic acids is 1. The average Bonchev–Trinajstić information content (AvgIpc) is 2.30. The number of benzene rings is 1. The van der Waals surface area contributed by atoms with E-state index < -0.39 is 0 Å². The number of methoxy groups -OCH3 is 1. The number of esters is 1.